The van der Waals surface area contributed by atoms with Crippen molar-refractivity contribution in [2.24, 2.45) is 7.05 Å². The second-order valence-corrected chi connectivity index (χ2v) is 3.90. The van der Waals surface area contributed by atoms with Crippen LogP contribution in [0.2, 0.25) is 0 Å². The molecule has 0 spiro atoms. The molecular formula is C9H15N5O3. The SMILES string of the molecule is CC(NC(=O)c1nc([N+](=O)[O-])cn1C)N(C)C. The molecule has 0 aliphatic rings. The van der Waals surface area contributed by atoms with Crippen LogP contribution in [0.5, 0.6) is 0 Å². The van der Waals surface area contributed by atoms with Crippen LogP contribution >= 0.6 is 0 Å². The molecule has 94 valence electrons. The van der Waals surface area contributed by atoms with Gasteiger partial charge >= 0.3 is 17.5 Å². The normalized spacial score (nSPS) is 12.5. The Morgan fingerprint density at radius 2 is 2.24 bits per heavy atom. The Hall–Kier alpha value is -1.96. The zero-order valence-electron chi connectivity index (χ0n) is 10.2. The van der Waals surface area contributed by atoms with E-state index in [2.05, 4.69) is 10.3 Å². The average Bonchev–Trinajstić information content (AvgIpc) is 2.60. The molecule has 0 saturated heterocycles. The Labute approximate surface area is 98.4 Å². The monoisotopic (exact) mass is 241 g/mol. The fraction of sp³-hybridized carbons (Fsp3) is 0.556. The number of aromatic nitrogens is 2. The molecule has 0 saturated carbocycles. The summed E-state index contributed by atoms with van der Waals surface area (Å²) in [6, 6.07) is 0. The van der Waals surface area contributed by atoms with Gasteiger partial charge in [0.05, 0.1) is 6.17 Å². The highest BCUT2D eigenvalue weighted by molar-refractivity contribution is 5.91. The second kappa shape index (κ2) is 4.91. The number of nitro groups is 1. The predicted octanol–water partition coefficient (Wildman–Crippen LogP) is -0.0343. The molecule has 1 heterocycles. The van der Waals surface area contributed by atoms with Crippen molar-refractivity contribution in [1.82, 2.24) is 19.8 Å². The first-order valence-electron chi connectivity index (χ1n) is 4.98. The first-order chi connectivity index (χ1) is 7.82. The number of imidazole rings is 1. The number of nitrogens with zero attached hydrogens (tertiary/aromatic N) is 4. The van der Waals surface area contributed by atoms with Crippen LogP contribution in [-0.4, -0.2) is 45.5 Å². The fourth-order valence-electron chi connectivity index (χ4n) is 1.13. The molecule has 0 radical (unpaired) electrons. The maximum Gasteiger partial charge on any atom is 0.382 e. The van der Waals surface area contributed by atoms with Gasteiger partial charge in [0.2, 0.25) is 0 Å². The van der Waals surface area contributed by atoms with Gasteiger partial charge < -0.3 is 20.0 Å². The molecule has 17 heavy (non-hydrogen) atoms. The summed E-state index contributed by atoms with van der Waals surface area (Å²) in [5.41, 5.74) is 0. The van der Waals surface area contributed by atoms with E-state index in [0.29, 0.717) is 0 Å². The summed E-state index contributed by atoms with van der Waals surface area (Å²) in [6.07, 6.45) is 1.02. The first-order valence-corrected chi connectivity index (χ1v) is 4.98. The van der Waals surface area contributed by atoms with Gasteiger partial charge in [-0.25, -0.2) is 0 Å². The number of nitrogens with one attached hydrogen (secondary N) is 1. The average molecular weight is 241 g/mol. The van der Waals surface area contributed by atoms with E-state index in [1.807, 2.05) is 14.1 Å². The van der Waals surface area contributed by atoms with Crippen LogP contribution in [0.3, 0.4) is 0 Å². The van der Waals surface area contributed by atoms with Crippen molar-refractivity contribution in [2.75, 3.05) is 14.1 Å². The minimum absolute atomic E-state index is 0.0189. The number of hydrogen-bond acceptors (Lipinski definition) is 5. The highest BCUT2D eigenvalue weighted by atomic mass is 16.6. The van der Waals surface area contributed by atoms with Crippen LogP contribution in [0, 0.1) is 10.1 Å². The van der Waals surface area contributed by atoms with Crippen LogP contribution in [0.4, 0.5) is 5.82 Å². The summed E-state index contributed by atoms with van der Waals surface area (Å²) in [4.78, 5) is 27.1. The molecule has 1 aromatic heterocycles. The molecule has 1 aromatic rings. The highest BCUT2D eigenvalue weighted by Gasteiger charge is 2.24. The lowest BCUT2D eigenvalue weighted by molar-refractivity contribution is -0.389. The third-order valence-electron chi connectivity index (χ3n) is 2.37. The summed E-state index contributed by atoms with van der Waals surface area (Å²) in [5.74, 6) is -0.762. The number of rotatable bonds is 4. The molecular weight excluding hydrogens is 226 g/mol. The molecule has 0 aromatic carbocycles. The largest absolute Gasteiger partial charge is 0.382 e. The van der Waals surface area contributed by atoms with Gasteiger partial charge in [-0.05, 0) is 30.9 Å². The molecule has 1 amide bonds. The number of hydrogen-bond donors (Lipinski definition) is 1. The van der Waals surface area contributed by atoms with Crippen LogP contribution in [0.25, 0.3) is 0 Å². The van der Waals surface area contributed by atoms with E-state index in [0.717, 1.165) is 0 Å². The van der Waals surface area contributed by atoms with Gasteiger partial charge in [-0.3, -0.25) is 9.69 Å². The van der Waals surface area contributed by atoms with E-state index in [4.69, 9.17) is 0 Å². The minimum Gasteiger partial charge on any atom is -0.358 e. The lowest BCUT2D eigenvalue weighted by Gasteiger charge is -2.19. The van der Waals surface area contributed by atoms with Crippen molar-refractivity contribution in [3.8, 4) is 0 Å². The van der Waals surface area contributed by atoms with E-state index in [1.165, 1.54) is 17.8 Å². The Morgan fingerprint density at radius 3 is 2.65 bits per heavy atom. The van der Waals surface area contributed by atoms with Crippen molar-refractivity contribution in [1.29, 1.82) is 0 Å². The van der Waals surface area contributed by atoms with Crippen molar-refractivity contribution < 1.29 is 9.72 Å². The zero-order valence-corrected chi connectivity index (χ0v) is 10.2. The number of carbonyl (C=O) groups excluding carboxylic acids is 1. The number of aryl methyl sites for hydroxylation is 1. The summed E-state index contributed by atoms with van der Waals surface area (Å²) < 4.78 is 1.33. The molecule has 8 nitrogen and oxygen atoms in total. The maximum absolute atomic E-state index is 11.8. The van der Waals surface area contributed by atoms with Gasteiger partial charge in [0, 0.05) is 7.05 Å². The Morgan fingerprint density at radius 1 is 1.65 bits per heavy atom. The van der Waals surface area contributed by atoms with Gasteiger partial charge in [-0.15, -0.1) is 0 Å². The summed E-state index contributed by atoms with van der Waals surface area (Å²) >= 11 is 0. The molecule has 1 unspecified atom stereocenters. The van der Waals surface area contributed by atoms with Crippen molar-refractivity contribution in [2.45, 2.75) is 13.1 Å². The Balaban J connectivity index is 2.86. The smallest absolute Gasteiger partial charge is 0.358 e. The molecule has 1 atom stereocenters. The van der Waals surface area contributed by atoms with E-state index in [1.54, 1.807) is 11.8 Å². The third-order valence-corrected chi connectivity index (χ3v) is 2.37. The molecule has 1 rings (SSSR count). The quantitative estimate of drug-likeness (QED) is 0.453. The highest BCUT2D eigenvalue weighted by Crippen LogP contribution is 2.09. The van der Waals surface area contributed by atoms with Gasteiger partial charge in [-0.1, -0.05) is 0 Å². The summed E-state index contributed by atoms with van der Waals surface area (Å²) in [6.45, 7) is 1.80. The lowest BCUT2D eigenvalue weighted by Crippen LogP contribution is -2.43. The van der Waals surface area contributed by atoms with Crippen LogP contribution in [-0.2, 0) is 7.05 Å². The third kappa shape index (κ3) is 3.00. The van der Waals surface area contributed by atoms with E-state index in [9.17, 15) is 14.9 Å². The number of carbonyl (C=O) groups is 1. The minimum atomic E-state index is -0.633. The fourth-order valence-corrected chi connectivity index (χ4v) is 1.13. The van der Waals surface area contributed by atoms with Crippen molar-refractivity contribution >= 4 is 11.7 Å². The van der Waals surface area contributed by atoms with Gasteiger partial charge in [0.15, 0.2) is 0 Å². The van der Waals surface area contributed by atoms with Gasteiger partial charge in [0.1, 0.15) is 6.20 Å². The predicted molar refractivity (Wildman–Crippen MR) is 60.5 cm³/mol. The lowest BCUT2D eigenvalue weighted by atomic mass is 10.4. The maximum atomic E-state index is 11.8. The van der Waals surface area contributed by atoms with E-state index < -0.39 is 10.8 Å². The number of amides is 1. The topological polar surface area (TPSA) is 93.3 Å². The van der Waals surface area contributed by atoms with Crippen LogP contribution in [0.15, 0.2) is 6.20 Å². The van der Waals surface area contributed by atoms with E-state index >= 15 is 0 Å². The van der Waals surface area contributed by atoms with Gasteiger partial charge in [-0.2, -0.15) is 0 Å². The molecule has 0 aliphatic carbocycles. The van der Waals surface area contributed by atoms with Crippen molar-refractivity contribution in [3.63, 3.8) is 0 Å². The molecule has 0 bridgehead atoms. The van der Waals surface area contributed by atoms with E-state index in [-0.39, 0.29) is 17.8 Å². The van der Waals surface area contributed by atoms with Crippen LogP contribution < -0.4 is 5.32 Å². The second-order valence-electron chi connectivity index (χ2n) is 3.90. The summed E-state index contributed by atoms with van der Waals surface area (Å²) in [7, 11) is 5.16. The molecule has 0 fully saturated rings. The first kappa shape index (κ1) is 13.1. The van der Waals surface area contributed by atoms with Gasteiger partial charge in [0.25, 0.3) is 0 Å². The Kier molecular flexibility index (Phi) is 3.79. The van der Waals surface area contributed by atoms with Crippen molar-refractivity contribution in [3.05, 3.63) is 22.1 Å². The molecule has 0 aliphatic heterocycles. The summed E-state index contributed by atoms with van der Waals surface area (Å²) in [5, 5.41) is 13.2. The standard InChI is InChI=1S/C9H15N5O3/c1-6(12(2)3)10-9(15)8-11-7(14(16)17)5-13(8)4/h5-6H,1-4H3,(H,10,15). The molecule has 8 heteroatoms. The Bertz CT molecular complexity index is 440. The zero-order chi connectivity index (χ0) is 13.2. The van der Waals surface area contributed by atoms with Crippen LogP contribution in [0.1, 0.15) is 17.5 Å². The molecule has 1 N–H and O–H groups in total.